The van der Waals surface area contributed by atoms with Gasteiger partial charge in [0.15, 0.2) is 0 Å². The zero-order chi connectivity index (χ0) is 16.6. The summed E-state index contributed by atoms with van der Waals surface area (Å²) in [6, 6.07) is 5.30. The van der Waals surface area contributed by atoms with Gasteiger partial charge in [-0.3, -0.25) is 4.57 Å². The van der Waals surface area contributed by atoms with Crippen molar-refractivity contribution in [1.82, 2.24) is 14.5 Å². The third kappa shape index (κ3) is 2.71. The quantitative estimate of drug-likeness (QED) is 0.719. The predicted molar refractivity (Wildman–Crippen MR) is 80.6 cm³/mol. The molecule has 0 aliphatic heterocycles. The van der Waals surface area contributed by atoms with Gasteiger partial charge in [-0.15, -0.1) is 0 Å². The van der Waals surface area contributed by atoms with Crippen LogP contribution in [-0.4, -0.2) is 23.0 Å². The zero-order valence-corrected chi connectivity index (χ0v) is 12.6. The van der Waals surface area contributed by atoms with Gasteiger partial charge in [0.2, 0.25) is 5.95 Å². The Morgan fingerprint density at radius 3 is 2.57 bits per heavy atom. The normalized spacial score (nSPS) is 11.5. The second-order valence-corrected chi connectivity index (χ2v) is 6.25. The number of aromatic nitrogens is 3. The summed E-state index contributed by atoms with van der Waals surface area (Å²) in [6.45, 7) is 0. The fourth-order valence-corrected chi connectivity index (χ4v) is 2.95. The van der Waals surface area contributed by atoms with Crippen LogP contribution >= 0.6 is 0 Å². The maximum atomic E-state index is 12.3. The monoisotopic (exact) mass is 334 g/mol. The molecule has 0 fully saturated rings. The van der Waals surface area contributed by atoms with Crippen molar-refractivity contribution < 1.29 is 12.8 Å². The number of anilines is 1. The summed E-state index contributed by atoms with van der Waals surface area (Å²) in [7, 11) is -2.57. The lowest BCUT2D eigenvalue weighted by Crippen LogP contribution is -2.23. The van der Waals surface area contributed by atoms with Crippen LogP contribution in [0.5, 0.6) is 0 Å². The number of nitrogens with zero attached hydrogens (tertiary/aromatic N) is 3. The van der Waals surface area contributed by atoms with Crippen LogP contribution in [0.2, 0.25) is 0 Å². The van der Waals surface area contributed by atoms with E-state index in [1.165, 1.54) is 31.6 Å². The van der Waals surface area contributed by atoms with E-state index in [2.05, 4.69) is 19.1 Å². The number of nitrogens with one attached hydrogen (secondary N) is 1. The van der Waals surface area contributed by atoms with Crippen LogP contribution in [0.4, 0.5) is 5.95 Å². The van der Waals surface area contributed by atoms with E-state index in [4.69, 9.17) is 0 Å². The highest BCUT2D eigenvalue weighted by Gasteiger charge is 2.18. The summed E-state index contributed by atoms with van der Waals surface area (Å²) in [6.07, 6.45) is 2.77. The number of rotatable bonds is 3. The number of fused-ring (bicyclic) bond motifs is 1. The molecule has 9 nitrogen and oxygen atoms in total. The van der Waals surface area contributed by atoms with Gasteiger partial charge < -0.3 is 4.42 Å². The second kappa shape index (κ2) is 5.32. The molecule has 1 N–H and O–H groups in total. The van der Waals surface area contributed by atoms with E-state index in [1.807, 2.05) is 0 Å². The predicted octanol–water partition coefficient (Wildman–Crippen LogP) is 0.0825. The lowest BCUT2D eigenvalue weighted by Gasteiger charge is -2.08. The van der Waals surface area contributed by atoms with Crippen molar-refractivity contribution >= 4 is 26.9 Å². The van der Waals surface area contributed by atoms with Gasteiger partial charge in [-0.1, -0.05) is 0 Å². The Bertz CT molecular complexity index is 1100. The van der Waals surface area contributed by atoms with E-state index in [1.54, 1.807) is 6.07 Å². The van der Waals surface area contributed by atoms with Crippen molar-refractivity contribution in [2.45, 2.75) is 4.90 Å². The Hall–Kier alpha value is -3.01. The van der Waals surface area contributed by atoms with Crippen LogP contribution in [0.3, 0.4) is 0 Å². The molecule has 0 aliphatic carbocycles. The van der Waals surface area contributed by atoms with E-state index in [9.17, 15) is 18.0 Å². The first-order chi connectivity index (χ1) is 10.9. The molecule has 2 aromatic heterocycles. The number of benzene rings is 1. The van der Waals surface area contributed by atoms with E-state index < -0.39 is 21.4 Å². The number of aryl methyl sites for hydroxylation is 1. The minimum atomic E-state index is -3.99. The fourth-order valence-electron chi connectivity index (χ4n) is 1.97. The van der Waals surface area contributed by atoms with Crippen molar-refractivity contribution in [3.05, 3.63) is 57.6 Å². The molecular weight excluding hydrogens is 324 g/mol. The van der Waals surface area contributed by atoms with Gasteiger partial charge in [-0.2, -0.15) is 0 Å². The molecule has 0 atom stereocenters. The molecule has 1 aromatic carbocycles. The van der Waals surface area contributed by atoms with E-state index in [0.29, 0.717) is 0 Å². The number of sulfonamides is 1. The molecule has 10 heteroatoms. The molecule has 0 unspecified atom stereocenters. The average Bonchev–Trinajstić information content (AvgIpc) is 2.53. The zero-order valence-electron chi connectivity index (χ0n) is 11.8. The van der Waals surface area contributed by atoms with Crippen molar-refractivity contribution in [2.75, 3.05) is 4.72 Å². The lowest BCUT2D eigenvalue weighted by molar-refractivity contribution is 0.432. The van der Waals surface area contributed by atoms with E-state index >= 15 is 0 Å². The van der Waals surface area contributed by atoms with Crippen LogP contribution in [0.1, 0.15) is 0 Å². The number of hydrogen-bond acceptors (Lipinski definition) is 7. The van der Waals surface area contributed by atoms with Gasteiger partial charge in [-0.25, -0.2) is 32.7 Å². The van der Waals surface area contributed by atoms with Crippen LogP contribution in [0.25, 0.3) is 10.9 Å². The Morgan fingerprint density at radius 1 is 1.17 bits per heavy atom. The Morgan fingerprint density at radius 2 is 1.87 bits per heavy atom. The molecule has 23 heavy (non-hydrogen) atoms. The Balaban J connectivity index is 2.14. The summed E-state index contributed by atoms with van der Waals surface area (Å²) >= 11 is 0. The molecule has 3 aromatic rings. The molecule has 118 valence electrons. The molecule has 0 spiro atoms. The van der Waals surface area contributed by atoms with Crippen molar-refractivity contribution in [1.29, 1.82) is 0 Å². The Kier molecular flexibility index (Phi) is 3.45. The molecule has 0 saturated carbocycles. The molecule has 3 rings (SSSR count). The first-order valence-electron chi connectivity index (χ1n) is 6.32. The lowest BCUT2D eigenvalue weighted by atomic mass is 10.2. The first-order valence-corrected chi connectivity index (χ1v) is 7.80. The SMILES string of the molecule is Cn1c(=O)oc(=O)c2cc(S(=O)(=O)Nc3ncccn3)ccc21. The second-order valence-electron chi connectivity index (χ2n) is 4.57. The number of hydrogen-bond donors (Lipinski definition) is 1. The molecule has 0 aliphatic rings. The molecule has 0 amide bonds. The van der Waals surface area contributed by atoms with Gasteiger partial charge in [-0.05, 0) is 24.3 Å². The van der Waals surface area contributed by atoms with Crippen molar-refractivity contribution in [3.63, 3.8) is 0 Å². The third-order valence-electron chi connectivity index (χ3n) is 3.10. The van der Waals surface area contributed by atoms with Gasteiger partial charge >= 0.3 is 11.4 Å². The van der Waals surface area contributed by atoms with Crippen LogP contribution in [0.15, 0.2) is 55.6 Å². The maximum Gasteiger partial charge on any atom is 0.422 e. The molecule has 2 heterocycles. The standard InChI is InChI=1S/C13H10N4O5S/c1-17-10-4-3-8(7-9(10)11(18)22-13(17)19)23(20,21)16-12-14-5-2-6-15-12/h2-7H,1H3,(H,14,15,16). The van der Waals surface area contributed by atoms with Crippen LogP contribution < -0.4 is 16.1 Å². The largest absolute Gasteiger partial charge is 0.422 e. The summed E-state index contributed by atoms with van der Waals surface area (Å²) in [5, 5.41) is -0.0241. The highest BCUT2D eigenvalue weighted by Crippen LogP contribution is 2.17. The van der Waals surface area contributed by atoms with E-state index in [0.717, 1.165) is 10.6 Å². The van der Waals surface area contributed by atoms with Crippen LogP contribution in [0, 0.1) is 0 Å². The maximum absolute atomic E-state index is 12.3. The smallest absolute Gasteiger partial charge is 0.372 e. The Labute approximate surface area is 129 Å². The van der Waals surface area contributed by atoms with Gasteiger partial charge in [0.1, 0.15) is 0 Å². The molecular formula is C13H10N4O5S. The van der Waals surface area contributed by atoms with E-state index in [-0.39, 0.29) is 21.7 Å². The third-order valence-corrected chi connectivity index (χ3v) is 4.43. The summed E-state index contributed by atoms with van der Waals surface area (Å²) in [4.78, 5) is 30.6. The summed E-state index contributed by atoms with van der Waals surface area (Å²) in [5.74, 6) is -0.922. The van der Waals surface area contributed by atoms with Crippen LogP contribution in [-0.2, 0) is 17.1 Å². The van der Waals surface area contributed by atoms with Crippen molar-refractivity contribution in [3.8, 4) is 0 Å². The topological polar surface area (TPSA) is 124 Å². The minimum Gasteiger partial charge on any atom is -0.372 e. The highest BCUT2D eigenvalue weighted by molar-refractivity contribution is 7.92. The minimum absolute atomic E-state index is 0.0241. The fraction of sp³-hybridized carbons (Fsp3) is 0.0769. The molecule has 0 radical (unpaired) electrons. The summed E-state index contributed by atoms with van der Waals surface area (Å²) in [5.41, 5.74) is -0.641. The molecule has 0 saturated heterocycles. The van der Waals surface area contributed by atoms with Gasteiger partial charge in [0.25, 0.3) is 10.0 Å². The van der Waals surface area contributed by atoms with Gasteiger partial charge in [0, 0.05) is 19.4 Å². The summed E-state index contributed by atoms with van der Waals surface area (Å²) < 4.78 is 32.5. The van der Waals surface area contributed by atoms with Crippen molar-refractivity contribution in [2.24, 2.45) is 7.05 Å². The average molecular weight is 334 g/mol. The molecule has 0 bridgehead atoms. The van der Waals surface area contributed by atoms with Gasteiger partial charge in [0.05, 0.1) is 15.8 Å². The highest BCUT2D eigenvalue weighted by atomic mass is 32.2. The first kappa shape index (κ1) is 14.9.